The van der Waals surface area contributed by atoms with Crippen molar-refractivity contribution in [3.63, 3.8) is 0 Å². The molecule has 3 nitrogen and oxygen atoms in total. The van der Waals surface area contributed by atoms with Crippen molar-refractivity contribution in [1.29, 1.82) is 0 Å². The number of hydrogen-bond acceptors (Lipinski definition) is 3. The summed E-state index contributed by atoms with van der Waals surface area (Å²) < 4.78 is 0. The van der Waals surface area contributed by atoms with Gasteiger partial charge in [0.25, 0.3) is 0 Å². The van der Waals surface area contributed by atoms with Crippen LogP contribution in [0.5, 0.6) is 0 Å². The molecule has 0 aliphatic carbocycles. The fourth-order valence-electron chi connectivity index (χ4n) is 2.06. The highest BCUT2D eigenvalue weighted by molar-refractivity contribution is 8.14. The van der Waals surface area contributed by atoms with Crippen LogP contribution in [-0.2, 0) is 4.79 Å². The van der Waals surface area contributed by atoms with E-state index in [0.717, 1.165) is 23.0 Å². The molecule has 2 aliphatic rings. The van der Waals surface area contributed by atoms with E-state index in [9.17, 15) is 4.79 Å². The minimum Gasteiger partial charge on any atom is -0.291 e. The first-order chi connectivity index (χ1) is 7.84. The Hall–Kier alpha value is -1.29. The number of carbonyl (C=O) groups is 1. The molecule has 0 radical (unpaired) electrons. The number of fused-ring (bicyclic) bond motifs is 1. The lowest BCUT2D eigenvalue weighted by Gasteiger charge is -2.25. The van der Waals surface area contributed by atoms with Gasteiger partial charge >= 0.3 is 0 Å². The predicted molar refractivity (Wildman–Crippen MR) is 65.4 cm³/mol. The maximum atomic E-state index is 11.9. The second kappa shape index (κ2) is 3.94. The average molecular weight is 232 g/mol. The van der Waals surface area contributed by atoms with Crippen molar-refractivity contribution >= 4 is 22.8 Å². The standard InChI is InChI=1S/C12H12N2OS/c15-11-8-10(9-4-2-1-3-5-9)13-12-14(11)6-7-16-12/h1-5,10H,6-8H2/t10-/m1/s1. The van der Waals surface area contributed by atoms with E-state index in [1.807, 2.05) is 35.2 Å². The van der Waals surface area contributed by atoms with Gasteiger partial charge in [0.15, 0.2) is 5.17 Å². The molecule has 1 aromatic rings. The molecule has 2 aliphatic heterocycles. The van der Waals surface area contributed by atoms with Crippen molar-refractivity contribution < 1.29 is 4.79 Å². The quantitative estimate of drug-likeness (QED) is 0.742. The van der Waals surface area contributed by atoms with E-state index in [0.29, 0.717) is 6.42 Å². The van der Waals surface area contributed by atoms with E-state index in [1.165, 1.54) is 0 Å². The van der Waals surface area contributed by atoms with Gasteiger partial charge in [-0.05, 0) is 5.56 Å². The molecule has 1 atom stereocenters. The highest BCUT2D eigenvalue weighted by atomic mass is 32.2. The number of rotatable bonds is 1. The zero-order valence-electron chi connectivity index (χ0n) is 8.80. The lowest BCUT2D eigenvalue weighted by Crippen LogP contribution is -2.36. The van der Waals surface area contributed by atoms with Gasteiger partial charge in [-0.3, -0.25) is 14.7 Å². The minimum absolute atomic E-state index is 0.0190. The highest BCUT2D eigenvalue weighted by Gasteiger charge is 2.32. The first kappa shape index (κ1) is 9.90. The lowest BCUT2D eigenvalue weighted by atomic mass is 10.0. The van der Waals surface area contributed by atoms with E-state index in [2.05, 4.69) is 4.99 Å². The molecule has 0 N–H and O–H groups in total. The Labute approximate surface area is 98.5 Å². The molecule has 4 heteroatoms. The van der Waals surface area contributed by atoms with Gasteiger partial charge in [0.2, 0.25) is 5.91 Å². The van der Waals surface area contributed by atoms with Crippen molar-refractivity contribution in [3.05, 3.63) is 35.9 Å². The Morgan fingerprint density at radius 1 is 1.31 bits per heavy atom. The molecule has 0 aromatic heterocycles. The van der Waals surface area contributed by atoms with E-state index in [-0.39, 0.29) is 11.9 Å². The first-order valence-electron chi connectivity index (χ1n) is 5.40. The molecule has 2 heterocycles. The van der Waals surface area contributed by atoms with Crippen LogP contribution in [0.3, 0.4) is 0 Å². The van der Waals surface area contributed by atoms with Gasteiger partial charge in [-0.25, -0.2) is 0 Å². The summed E-state index contributed by atoms with van der Waals surface area (Å²) in [6.07, 6.45) is 0.508. The Morgan fingerprint density at radius 2 is 2.12 bits per heavy atom. The number of aliphatic imine (C=N–C) groups is 1. The van der Waals surface area contributed by atoms with Crippen LogP contribution in [0.2, 0.25) is 0 Å². The van der Waals surface area contributed by atoms with Crippen LogP contribution in [0.25, 0.3) is 0 Å². The van der Waals surface area contributed by atoms with Gasteiger partial charge in [0.05, 0.1) is 12.5 Å². The molecular weight excluding hydrogens is 220 g/mol. The monoisotopic (exact) mass is 232 g/mol. The molecule has 3 rings (SSSR count). The summed E-state index contributed by atoms with van der Waals surface area (Å²) in [5.74, 6) is 1.19. The number of amidine groups is 1. The van der Waals surface area contributed by atoms with Gasteiger partial charge in [-0.15, -0.1) is 0 Å². The third kappa shape index (κ3) is 1.63. The molecule has 0 bridgehead atoms. The van der Waals surface area contributed by atoms with Crippen LogP contribution in [0, 0.1) is 0 Å². The Morgan fingerprint density at radius 3 is 2.94 bits per heavy atom. The summed E-state index contributed by atoms with van der Waals surface area (Å²) in [7, 11) is 0. The van der Waals surface area contributed by atoms with Crippen LogP contribution < -0.4 is 0 Å². The van der Waals surface area contributed by atoms with Gasteiger partial charge in [0, 0.05) is 12.3 Å². The number of hydrogen-bond donors (Lipinski definition) is 0. The summed E-state index contributed by atoms with van der Waals surface area (Å²) in [6, 6.07) is 10.1. The largest absolute Gasteiger partial charge is 0.291 e. The molecule has 16 heavy (non-hydrogen) atoms. The molecule has 0 unspecified atom stereocenters. The van der Waals surface area contributed by atoms with Crippen LogP contribution in [0.4, 0.5) is 0 Å². The van der Waals surface area contributed by atoms with Crippen molar-refractivity contribution in [2.24, 2.45) is 4.99 Å². The minimum atomic E-state index is 0.0190. The summed E-state index contributed by atoms with van der Waals surface area (Å²) in [5.41, 5.74) is 1.13. The molecule has 82 valence electrons. The number of nitrogens with zero attached hydrogens (tertiary/aromatic N) is 2. The molecule has 1 saturated heterocycles. The summed E-state index contributed by atoms with van der Waals surface area (Å²) in [6.45, 7) is 0.823. The van der Waals surface area contributed by atoms with Crippen LogP contribution in [-0.4, -0.2) is 28.3 Å². The first-order valence-corrected chi connectivity index (χ1v) is 6.39. The fourth-order valence-corrected chi connectivity index (χ4v) is 3.07. The number of carbonyl (C=O) groups excluding carboxylic acids is 1. The normalized spacial score (nSPS) is 24.2. The topological polar surface area (TPSA) is 32.7 Å². The molecular formula is C12H12N2OS. The molecule has 1 aromatic carbocycles. The van der Waals surface area contributed by atoms with Crippen LogP contribution >= 0.6 is 11.8 Å². The Kier molecular flexibility index (Phi) is 2.44. The summed E-state index contributed by atoms with van der Waals surface area (Å²) >= 11 is 1.68. The van der Waals surface area contributed by atoms with Crippen LogP contribution in [0.1, 0.15) is 18.0 Å². The molecule has 0 saturated carbocycles. The van der Waals surface area contributed by atoms with Gasteiger partial charge in [-0.2, -0.15) is 0 Å². The van der Waals surface area contributed by atoms with E-state index in [4.69, 9.17) is 0 Å². The van der Waals surface area contributed by atoms with Crippen molar-refractivity contribution in [1.82, 2.24) is 4.90 Å². The zero-order chi connectivity index (χ0) is 11.0. The highest BCUT2D eigenvalue weighted by Crippen LogP contribution is 2.32. The van der Waals surface area contributed by atoms with Crippen molar-refractivity contribution in [2.75, 3.05) is 12.3 Å². The molecule has 1 fully saturated rings. The SMILES string of the molecule is O=C1C[C@H](c2ccccc2)N=C2SCCN12. The van der Waals surface area contributed by atoms with Crippen molar-refractivity contribution in [2.45, 2.75) is 12.5 Å². The zero-order valence-corrected chi connectivity index (χ0v) is 9.61. The average Bonchev–Trinajstić information content (AvgIpc) is 2.79. The number of benzene rings is 1. The van der Waals surface area contributed by atoms with Gasteiger partial charge in [0.1, 0.15) is 0 Å². The van der Waals surface area contributed by atoms with Crippen molar-refractivity contribution in [3.8, 4) is 0 Å². The van der Waals surface area contributed by atoms with E-state index in [1.54, 1.807) is 11.8 Å². The van der Waals surface area contributed by atoms with E-state index < -0.39 is 0 Å². The second-order valence-corrected chi connectivity index (χ2v) is 5.00. The summed E-state index contributed by atoms with van der Waals surface area (Å²) in [4.78, 5) is 18.4. The maximum absolute atomic E-state index is 11.9. The Balaban J connectivity index is 1.94. The predicted octanol–water partition coefficient (Wildman–Crippen LogP) is 2.06. The third-order valence-electron chi connectivity index (χ3n) is 2.90. The van der Waals surface area contributed by atoms with Gasteiger partial charge < -0.3 is 0 Å². The smallest absolute Gasteiger partial charge is 0.231 e. The van der Waals surface area contributed by atoms with E-state index >= 15 is 0 Å². The fraction of sp³-hybridized carbons (Fsp3) is 0.333. The molecule has 1 amide bonds. The second-order valence-electron chi connectivity index (χ2n) is 3.94. The Bertz CT molecular complexity index is 444. The lowest BCUT2D eigenvalue weighted by molar-refractivity contribution is -0.127. The third-order valence-corrected chi connectivity index (χ3v) is 3.87. The van der Waals surface area contributed by atoms with Crippen LogP contribution in [0.15, 0.2) is 35.3 Å². The van der Waals surface area contributed by atoms with Gasteiger partial charge in [-0.1, -0.05) is 42.1 Å². The number of thioether (sulfide) groups is 1. The number of amides is 1. The summed E-state index contributed by atoms with van der Waals surface area (Å²) in [5, 5.41) is 0.908. The molecule has 0 spiro atoms. The maximum Gasteiger partial charge on any atom is 0.231 e.